The van der Waals surface area contributed by atoms with Crippen molar-refractivity contribution < 1.29 is 14.6 Å². The van der Waals surface area contributed by atoms with Crippen LogP contribution in [0.2, 0.25) is 0 Å². The number of rotatable bonds is 8. The third-order valence-electron chi connectivity index (χ3n) is 5.76. The molecule has 0 aromatic rings. The highest BCUT2D eigenvalue weighted by atomic mass is 16.5. The summed E-state index contributed by atoms with van der Waals surface area (Å²) in [5.74, 6) is 0.953. The van der Waals surface area contributed by atoms with E-state index in [1.165, 1.54) is 0 Å². The van der Waals surface area contributed by atoms with Crippen LogP contribution in [0.3, 0.4) is 0 Å². The third kappa shape index (κ3) is 5.10. The first-order chi connectivity index (χ1) is 12.5. The summed E-state index contributed by atoms with van der Waals surface area (Å²) in [5.41, 5.74) is -0.388. The first-order valence-corrected chi connectivity index (χ1v) is 9.89. The maximum absolute atomic E-state index is 12.7. The van der Waals surface area contributed by atoms with Gasteiger partial charge in [0.15, 0.2) is 5.96 Å². The Morgan fingerprint density at radius 1 is 1.23 bits per heavy atom. The van der Waals surface area contributed by atoms with Crippen molar-refractivity contribution in [1.82, 2.24) is 15.5 Å². The predicted octanol–water partition coefficient (Wildman–Crippen LogP) is 0.979. The average Bonchev–Trinajstić information content (AvgIpc) is 3.28. The molecular formula is C19H36N4O3. The summed E-state index contributed by atoms with van der Waals surface area (Å²) in [6, 6.07) is 0. The highest BCUT2D eigenvalue weighted by Gasteiger charge is 2.42. The number of aliphatic hydroxyl groups excluding tert-OH is 1. The van der Waals surface area contributed by atoms with Crippen LogP contribution in [0.4, 0.5) is 0 Å². The van der Waals surface area contributed by atoms with Gasteiger partial charge in [-0.3, -0.25) is 9.79 Å². The Kier molecular flexibility index (Phi) is 7.70. The van der Waals surface area contributed by atoms with E-state index in [-0.39, 0.29) is 23.3 Å². The summed E-state index contributed by atoms with van der Waals surface area (Å²) in [6.07, 6.45) is 5.70. The minimum Gasteiger partial charge on any atom is -0.396 e. The molecule has 1 unspecified atom stereocenters. The number of carbonyl (C=O) groups is 1. The number of aliphatic imine (C=N–C) groups is 1. The highest BCUT2D eigenvalue weighted by Crippen LogP contribution is 2.39. The molecule has 7 nitrogen and oxygen atoms in total. The van der Waals surface area contributed by atoms with Crippen LogP contribution >= 0.6 is 0 Å². The van der Waals surface area contributed by atoms with Crippen molar-refractivity contribution >= 4 is 11.9 Å². The molecule has 1 amide bonds. The quantitative estimate of drug-likeness (QED) is 0.439. The van der Waals surface area contributed by atoms with Crippen LogP contribution in [0, 0.1) is 10.8 Å². The van der Waals surface area contributed by atoms with Crippen molar-refractivity contribution in [2.24, 2.45) is 15.8 Å². The molecule has 1 aliphatic carbocycles. The lowest BCUT2D eigenvalue weighted by molar-refractivity contribution is -0.138. The van der Waals surface area contributed by atoms with Crippen LogP contribution < -0.4 is 10.6 Å². The van der Waals surface area contributed by atoms with Crippen LogP contribution in [0.15, 0.2) is 4.99 Å². The first-order valence-electron chi connectivity index (χ1n) is 9.89. The van der Waals surface area contributed by atoms with Gasteiger partial charge >= 0.3 is 0 Å². The van der Waals surface area contributed by atoms with E-state index < -0.39 is 0 Å². The van der Waals surface area contributed by atoms with Gasteiger partial charge in [0.05, 0.1) is 18.6 Å². The lowest BCUT2D eigenvalue weighted by Crippen LogP contribution is -2.49. The number of nitrogens with zero attached hydrogens (tertiary/aromatic N) is 2. The van der Waals surface area contributed by atoms with Gasteiger partial charge in [-0.2, -0.15) is 0 Å². The van der Waals surface area contributed by atoms with Crippen molar-refractivity contribution in [3.8, 4) is 0 Å². The molecule has 2 fully saturated rings. The molecule has 0 bridgehead atoms. The molecule has 1 atom stereocenters. The first kappa shape index (κ1) is 21.0. The summed E-state index contributed by atoms with van der Waals surface area (Å²) in [7, 11) is 3.67. The minimum absolute atomic E-state index is 0.0679. The van der Waals surface area contributed by atoms with Gasteiger partial charge in [0.1, 0.15) is 0 Å². The molecule has 7 heteroatoms. The number of amides is 1. The molecule has 1 saturated carbocycles. The standard InChI is InChI=1S/C19H36N4O3/c1-4-20-17(21-13-18(9-11-24)10-12-26-15-18)22-14-19(7-5-6-8-19)16(25)23(2)3/h24H,4-15H2,1-3H3,(H2,20,21,22). The van der Waals surface area contributed by atoms with E-state index in [9.17, 15) is 9.90 Å². The molecule has 0 aromatic carbocycles. The van der Waals surface area contributed by atoms with E-state index in [0.717, 1.165) is 51.2 Å². The zero-order valence-corrected chi connectivity index (χ0v) is 16.6. The van der Waals surface area contributed by atoms with E-state index in [0.29, 0.717) is 26.1 Å². The largest absolute Gasteiger partial charge is 0.396 e. The zero-order chi connectivity index (χ0) is 19.0. The van der Waals surface area contributed by atoms with Gasteiger partial charge in [0.2, 0.25) is 5.91 Å². The summed E-state index contributed by atoms with van der Waals surface area (Å²) in [6.45, 7) is 5.58. The second-order valence-corrected chi connectivity index (χ2v) is 8.01. The zero-order valence-electron chi connectivity index (χ0n) is 16.6. The molecule has 26 heavy (non-hydrogen) atoms. The second-order valence-electron chi connectivity index (χ2n) is 8.01. The molecule has 2 aliphatic rings. The van der Waals surface area contributed by atoms with Gasteiger partial charge in [0, 0.05) is 45.8 Å². The molecule has 1 aliphatic heterocycles. The molecule has 150 valence electrons. The molecule has 2 rings (SSSR count). The smallest absolute Gasteiger partial charge is 0.230 e. The van der Waals surface area contributed by atoms with Crippen LogP contribution in [-0.4, -0.2) is 75.4 Å². The van der Waals surface area contributed by atoms with Crippen molar-refractivity contribution in [2.45, 2.75) is 45.4 Å². The number of hydrogen-bond donors (Lipinski definition) is 3. The Balaban J connectivity index is 2.03. The Morgan fingerprint density at radius 3 is 2.50 bits per heavy atom. The fourth-order valence-corrected chi connectivity index (χ4v) is 4.12. The van der Waals surface area contributed by atoms with Crippen LogP contribution in [0.5, 0.6) is 0 Å². The van der Waals surface area contributed by atoms with E-state index in [2.05, 4.69) is 10.6 Å². The molecular weight excluding hydrogens is 332 g/mol. The monoisotopic (exact) mass is 368 g/mol. The molecule has 1 saturated heterocycles. The Bertz CT molecular complexity index is 481. The van der Waals surface area contributed by atoms with Gasteiger partial charge in [-0.1, -0.05) is 12.8 Å². The van der Waals surface area contributed by atoms with Gasteiger partial charge in [-0.15, -0.1) is 0 Å². The van der Waals surface area contributed by atoms with Crippen molar-refractivity contribution in [3.05, 3.63) is 0 Å². The van der Waals surface area contributed by atoms with Crippen LogP contribution in [0.25, 0.3) is 0 Å². The molecule has 0 spiro atoms. The number of carbonyl (C=O) groups excluding carboxylic acids is 1. The van der Waals surface area contributed by atoms with Crippen molar-refractivity contribution in [3.63, 3.8) is 0 Å². The predicted molar refractivity (Wildman–Crippen MR) is 103 cm³/mol. The second kappa shape index (κ2) is 9.55. The number of aliphatic hydroxyl groups is 1. The van der Waals surface area contributed by atoms with Gasteiger partial charge < -0.3 is 25.4 Å². The number of ether oxygens (including phenoxy) is 1. The van der Waals surface area contributed by atoms with Crippen LogP contribution in [-0.2, 0) is 9.53 Å². The summed E-state index contributed by atoms with van der Waals surface area (Å²) in [4.78, 5) is 19.2. The summed E-state index contributed by atoms with van der Waals surface area (Å²) < 4.78 is 5.55. The average molecular weight is 369 g/mol. The molecule has 0 radical (unpaired) electrons. The van der Waals surface area contributed by atoms with Gasteiger partial charge in [-0.05, 0) is 32.6 Å². The number of hydrogen-bond acceptors (Lipinski definition) is 4. The molecule has 1 heterocycles. The van der Waals surface area contributed by atoms with E-state index in [4.69, 9.17) is 9.73 Å². The maximum Gasteiger partial charge on any atom is 0.230 e. The summed E-state index contributed by atoms with van der Waals surface area (Å²) >= 11 is 0. The fourth-order valence-electron chi connectivity index (χ4n) is 4.12. The Morgan fingerprint density at radius 2 is 1.96 bits per heavy atom. The van der Waals surface area contributed by atoms with Crippen molar-refractivity contribution in [1.29, 1.82) is 0 Å². The minimum atomic E-state index is -0.320. The number of nitrogens with one attached hydrogen (secondary N) is 2. The Hall–Kier alpha value is -1.34. The fraction of sp³-hybridized carbons (Fsp3) is 0.895. The Labute approximate surface area is 157 Å². The topological polar surface area (TPSA) is 86.2 Å². The van der Waals surface area contributed by atoms with E-state index in [1.807, 2.05) is 21.0 Å². The van der Waals surface area contributed by atoms with Crippen molar-refractivity contribution in [2.75, 3.05) is 53.6 Å². The third-order valence-corrected chi connectivity index (χ3v) is 5.76. The lowest BCUT2D eigenvalue weighted by Gasteiger charge is -2.31. The highest BCUT2D eigenvalue weighted by molar-refractivity contribution is 5.85. The number of guanidine groups is 1. The van der Waals surface area contributed by atoms with Gasteiger partial charge in [-0.25, -0.2) is 0 Å². The van der Waals surface area contributed by atoms with E-state index in [1.54, 1.807) is 4.90 Å². The normalized spacial score (nSPS) is 25.3. The SMILES string of the molecule is CCNC(=NCC1(CCO)CCOC1)NCC1(C(=O)N(C)C)CCCC1. The lowest BCUT2D eigenvalue weighted by atomic mass is 9.84. The summed E-state index contributed by atoms with van der Waals surface area (Å²) in [5, 5.41) is 16.1. The van der Waals surface area contributed by atoms with Gasteiger partial charge in [0.25, 0.3) is 0 Å². The van der Waals surface area contributed by atoms with E-state index >= 15 is 0 Å². The molecule has 3 N–H and O–H groups in total. The molecule has 0 aromatic heterocycles. The van der Waals surface area contributed by atoms with Crippen LogP contribution in [0.1, 0.15) is 45.4 Å². The maximum atomic E-state index is 12.7.